The number of ether oxygens (including phenoxy) is 2. The van der Waals surface area contributed by atoms with Gasteiger partial charge < -0.3 is 14.8 Å². The molecule has 0 spiro atoms. The molecule has 1 amide bonds. The molecule has 0 aliphatic carbocycles. The molecular weight excluding hydrogens is 382 g/mol. The minimum absolute atomic E-state index is 0.0500. The van der Waals surface area contributed by atoms with Crippen LogP contribution in [-0.4, -0.2) is 58.4 Å². The Morgan fingerprint density at radius 1 is 1.23 bits per heavy atom. The summed E-state index contributed by atoms with van der Waals surface area (Å²) < 4.78 is 13.3. The van der Waals surface area contributed by atoms with Crippen molar-refractivity contribution in [1.82, 2.24) is 25.0 Å². The van der Waals surface area contributed by atoms with E-state index in [1.165, 1.54) is 6.33 Å². The third-order valence-corrected chi connectivity index (χ3v) is 5.21. The average molecular weight is 407 g/mol. The summed E-state index contributed by atoms with van der Waals surface area (Å²) in [5, 5.41) is 7.07. The monoisotopic (exact) mass is 407 g/mol. The molecule has 0 saturated heterocycles. The Balaban J connectivity index is 1.26. The average Bonchev–Trinajstić information content (AvgIpc) is 3.32. The molecular formula is C22H25N5O3. The Bertz CT molecular complexity index is 975. The van der Waals surface area contributed by atoms with Crippen molar-refractivity contribution in [2.45, 2.75) is 19.1 Å². The lowest BCUT2D eigenvalue weighted by Gasteiger charge is -2.27. The van der Waals surface area contributed by atoms with Gasteiger partial charge in [0.2, 0.25) is 5.91 Å². The number of hydrogen-bond acceptors (Lipinski definition) is 6. The van der Waals surface area contributed by atoms with E-state index in [2.05, 4.69) is 22.3 Å². The van der Waals surface area contributed by atoms with E-state index >= 15 is 0 Å². The Labute approximate surface area is 175 Å². The number of carbonyl (C=O) groups is 1. The van der Waals surface area contributed by atoms with Crippen molar-refractivity contribution < 1.29 is 14.3 Å². The van der Waals surface area contributed by atoms with Crippen LogP contribution in [0, 0.1) is 0 Å². The van der Waals surface area contributed by atoms with Crippen molar-refractivity contribution in [3.63, 3.8) is 0 Å². The summed E-state index contributed by atoms with van der Waals surface area (Å²) >= 11 is 0. The van der Waals surface area contributed by atoms with E-state index in [0.717, 1.165) is 17.0 Å². The van der Waals surface area contributed by atoms with Gasteiger partial charge in [-0.3, -0.25) is 9.69 Å². The number of rotatable bonds is 7. The zero-order chi connectivity index (χ0) is 20.9. The van der Waals surface area contributed by atoms with E-state index < -0.39 is 0 Å². The van der Waals surface area contributed by atoms with Gasteiger partial charge in [0, 0.05) is 6.04 Å². The number of benzene rings is 2. The van der Waals surface area contributed by atoms with E-state index in [1.54, 1.807) is 11.0 Å². The van der Waals surface area contributed by atoms with Crippen molar-refractivity contribution in [3.05, 3.63) is 66.7 Å². The topological polar surface area (TPSA) is 81.5 Å². The van der Waals surface area contributed by atoms with E-state index in [0.29, 0.717) is 18.9 Å². The van der Waals surface area contributed by atoms with Crippen LogP contribution in [0.25, 0.3) is 5.69 Å². The standard InChI is InChI=1S/C22H25N5O3/c1-16(17-7-9-18(10-8-17)27-15-23-14-25-27)26(2)12-22(28)24-11-19-13-29-20-5-3-4-6-21(20)30-19/h3-10,14-16,19H,11-13H2,1-2H3,(H,24,28). The molecule has 8 nitrogen and oxygen atoms in total. The molecule has 1 aliphatic heterocycles. The van der Waals surface area contributed by atoms with Crippen LogP contribution in [0.1, 0.15) is 18.5 Å². The highest BCUT2D eigenvalue weighted by atomic mass is 16.6. The quantitative estimate of drug-likeness (QED) is 0.647. The van der Waals surface area contributed by atoms with Crippen molar-refractivity contribution in [2.24, 2.45) is 0 Å². The fourth-order valence-electron chi connectivity index (χ4n) is 3.31. The second-order valence-electron chi connectivity index (χ2n) is 7.32. The first-order chi connectivity index (χ1) is 14.6. The van der Waals surface area contributed by atoms with Gasteiger partial charge in [0.05, 0.1) is 18.8 Å². The van der Waals surface area contributed by atoms with Gasteiger partial charge in [-0.1, -0.05) is 24.3 Å². The summed E-state index contributed by atoms with van der Waals surface area (Å²) in [4.78, 5) is 18.4. The molecule has 30 heavy (non-hydrogen) atoms. The van der Waals surface area contributed by atoms with E-state index in [-0.39, 0.29) is 24.6 Å². The van der Waals surface area contributed by atoms with Crippen molar-refractivity contribution >= 4 is 5.91 Å². The van der Waals surface area contributed by atoms with Gasteiger partial charge in [-0.25, -0.2) is 9.67 Å². The van der Waals surface area contributed by atoms with Gasteiger partial charge in [-0.05, 0) is 43.8 Å². The molecule has 0 radical (unpaired) electrons. The zero-order valence-corrected chi connectivity index (χ0v) is 17.1. The van der Waals surface area contributed by atoms with E-state index in [9.17, 15) is 4.79 Å². The van der Waals surface area contributed by atoms with Gasteiger partial charge in [-0.15, -0.1) is 0 Å². The van der Waals surface area contributed by atoms with Gasteiger partial charge in [-0.2, -0.15) is 5.10 Å². The molecule has 2 heterocycles. The molecule has 0 saturated carbocycles. The highest BCUT2D eigenvalue weighted by Gasteiger charge is 2.22. The number of aromatic nitrogens is 3. The molecule has 2 aromatic carbocycles. The first kappa shape index (κ1) is 19.9. The third-order valence-electron chi connectivity index (χ3n) is 5.21. The van der Waals surface area contributed by atoms with Crippen molar-refractivity contribution in [3.8, 4) is 17.2 Å². The van der Waals surface area contributed by atoms with Gasteiger partial charge in [0.25, 0.3) is 0 Å². The molecule has 4 rings (SSSR count). The SMILES string of the molecule is CC(c1ccc(-n2cncn2)cc1)N(C)CC(=O)NCC1COc2ccccc2O1. The number of hydrogen-bond donors (Lipinski definition) is 1. The molecule has 1 N–H and O–H groups in total. The number of nitrogens with zero attached hydrogens (tertiary/aromatic N) is 4. The van der Waals surface area contributed by atoms with Crippen LogP contribution in [0.2, 0.25) is 0 Å². The predicted molar refractivity (Wildman–Crippen MR) is 112 cm³/mol. The number of fused-ring (bicyclic) bond motifs is 1. The molecule has 1 aliphatic rings. The Hall–Kier alpha value is -3.39. The smallest absolute Gasteiger partial charge is 0.234 e. The minimum Gasteiger partial charge on any atom is -0.486 e. The van der Waals surface area contributed by atoms with Crippen LogP contribution < -0.4 is 14.8 Å². The fraction of sp³-hybridized carbons (Fsp3) is 0.318. The number of para-hydroxylation sites is 2. The van der Waals surface area contributed by atoms with Crippen LogP contribution in [0.15, 0.2) is 61.2 Å². The van der Waals surface area contributed by atoms with Gasteiger partial charge in [0.15, 0.2) is 11.5 Å². The Kier molecular flexibility index (Phi) is 5.94. The van der Waals surface area contributed by atoms with Crippen molar-refractivity contribution in [2.75, 3.05) is 26.7 Å². The van der Waals surface area contributed by atoms with Crippen LogP contribution >= 0.6 is 0 Å². The molecule has 0 bridgehead atoms. The molecule has 3 aromatic rings. The fourth-order valence-corrected chi connectivity index (χ4v) is 3.31. The summed E-state index contributed by atoms with van der Waals surface area (Å²) in [6.45, 7) is 3.19. The largest absolute Gasteiger partial charge is 0.486 e. The number of carbonyl (C=O) groups excluding carboxylic acids is 1. The van der Waals surface area contributed by atoms with Crippen molar-refractivity contribution in [1.29, 1.82) is 0 Å². The molecule has 2 unspecified atom stereocenters. The van der Waals surface area contributed by atoms with E-state index in [4.69, 9.17) is 9.47 Å². The zero-order valence-electron chi connectivity index (χ0n) is 17.1. The van der Waals surface area contributed by atoms with Crippen LogP contribution in [-0.2, 0) is 4.79 Å². The second kappa shape index (κ2) is 8.96. The predicted octanol–water partition coefficient (Wildman–Crippen LogP) is 2.22. The lowest BCUT2D eigenvalue weighted by Crippen LogP contribution is -2.44. The highest BCUT2D eigenvalue weighted by molar-refractivity contribution is 5.78. The second-order valence-corrected chi connectivity index (χ2v) is 7.32. The lowest BCUT2D eigenvalue weighted by molar-refractivity contribution is -0.122. The summed E-state index contributed by atoms with van der Waals surface area (Å²) in [5.74, 6) is 1.40. The van der Waals surface area contributed by atoms with Gasteiger partial charge in [0.1, 0.15) is 25.4 Å². The van der Waals surface area contributed by atoms with Crippen LogP contribution in [0.5, 0.6) is 11.5 Å². The molecule has 2 atom stereocenters. The Morgan fingerprint density at radius 3 is 2.73 bits per heavy atom. The molecule has 8 heteroatoms. The maximum Gasteiger partial charge on any atom is 0.234 e. The third kappa shape index (κ3) is 4.60. The summed E-state index contributed by atoms with van der Waals surface area (Å²) in [7, 11) is 1.94. The van der Waals surface area contributed by atoms with E-state index in [1.807, 2.05) is 60.5 Å². The number of nitrogens with one attached hydrogen (secondary N) is 1. The highest BCUT2D eigenvalue weighted by Crippen LogP contribution is 2.30. The van der Waals surface area contributed by atoms with Crippen LogP contribution in [0.4, 0.5) is 0 Å². The number of amides is 1. The molecule has 156 valence electrons. The molecule has 0 fully saturated rings. The first-order valence-electron chi connectivity index (χ1n) is 9.90. The van der Waals surface area contributed by atoms with Crippen LogP contribution in [0.3, 0.4) is 0 Å². The number of likely N-dealkylation sites (N-methyl/N-ethyl adjacent to an activating group) is 1. The Morgan fingerprint density at radius 2 is 2.00 bits per heavy atom. The molecule has 1 aromatic heterocycles. The maximum atomic E-state index is 12.4. The summed E-state index contributed by atoms with van der Waals surface area (Å²) in [5.41, 5.74) is 2.06. The first-order valence-corrected chi connectivity index (χ1v) is 9.90. The summed E-state index contributed by atoms with van der Waals surface area (Å²) in [6.07, 6.45) is 2.97. The summed E-state index contributed by atoms with van der Waals surface area (Å²) in [6, 6.07) is 15.7. The lowest BCUT2D eigenvalue weighted by atomic mass is 10.1. The van der Waals surface area contributed by atoms with Gasteiger partial charge >= 0.3 is 0 Å². The normalized spacial score (nSPS) is 16.3. The minimum atomic E-state index is -0.198. The maximum absolute atomic E-state index is 12.4.